The van der Waals surface area contributed by atoms with Crippen LogP contribution in [0.5, 0.6) is 0 Å². The van der Waals surface area contributed by atoms with E-state index in [0.717, 1.165) is 11.1 Å². The lowest BCUT2D eigenvalue weighted by Gasteiger charge is -2.48. The molecule has 2 fully saturated rings. The molecule has 4 aliphatic rings. The van der Waals surface area contributed by atoms with Crippen LogP contribution in [0.3, 0.4) is 0 Å². The molecule has 38 heavy (non-hydrogen) atoms. The maximum atomic E-state index is 4.06. The van der Waals surface area contributed by atoms with Crippen molar-refractivity contribution < 1.29 is 0 Å². The van der Waals surface area contributed by atoms with E-state index >= 15 is 0 Å². The Kier molecular flexibility index (Phi) is 7.22. The van der Waals surface area contributed by atoms with Gasteiger partial charge >= 0.3 is 0 Å². The molecule has 0 amide bonds. The van der Waals surface area contributed by atoms with Gasteiger partial charge in [-0.2, -0.15) is 0 Å². The van der Waals surface area contributed by atoms with Gasteiger partial charge in [-0.05, 0) is 46.7 Å². The van der Waals surface area contributed by atoms with Crippen molar-refractivity contribution in [1.29, 1.82) is 0 Å². The number of allylic oxidation sites excluding steroid dienone is 9. The van der Waals surface area contributed by atoms with Crippen molar-refractivity contribution in [2.24, 2.45) is 23.7 Å². The lowest BCUT2D eigenvalue weighted by molar-refractivity contribution is 0.461. The molecule has 0 N–H and O–H groups in total. The van der Waals surface area contributed by atoms with E-state index in [4.69, 9.17) is 0 Å². The Morgan fingerprint density at radius 2 is 1.16 bits per heavy atom. The number of benzene rings is 2. The van der Waals surface area contributed by atoms with Crippen LogP contribution in [0.4, 0.5) is 0 Å². The van der Waals surface area contributed by atoms with Gasteiger partial charge in [0, 0.05) is 0 Å². The zero-order valence-electron chi connectivity index (χ0n) is 23.3. The molecule has 2 aromatic rings. The first kappa shape index (κ1) is 25.8. The van der Waals surface area contributed by atoms with E-state index in [1.807, 2.05) is 0 Å². The van der Waals surface area contributed by atoms with Crippen LogP contribution in [0, 0.1) is 23.7 Å². The summed E-state index contributed by atoms with van der Waals surface area (Å²) in [6, 6.07) is 25.3. The van der Waals surface area contributed by atoms with E-state index < -0.39 is 16.1 Å². The molecule has 6 unspecified atom stereocenters. The summed E-state index contributed by atoms with van der Waals surface area (Å²) >= 11 is 0. The van der Waals surface area contributed by atoms with Gasteiger partial charge in [-0.1, -0.05) is 164 Å². The Morgan fingerprint density at radius 1 is 0.684 bits per heavy atom. The summed E-state index contributed by atoms with van der Waals surface area (Å²) < 4.78 is 0. The molecule has 2 aromatic carbocycles. The van der Waals surface area contributed by atoms with E-state index in [2.05, 4.69) is 135 Å². The summed E-state index contributed by atoms with van der Waals surface area (Å²) in [5.74, 6) is 2.45. The maximum Gasteiger partial charge on any atom is 0.125 e. The molecule has 0 spiro atoms. The first-order valence-corrected chi connectivity index (χ1v) is 20.4. The van der Waals surface area contributed by atoms with Gasteiger partial charge < -0.3 is 0 Å². The standard InChI is InChI=1S/C36H44Si2/c1-4-5-26-37(2,3)30-24-25-31(27-30)38(28-16-8-6-9-17-28,29-18-10-7-11-19-29)36-34-22-14-12-20-32(34)33-21-13-15-23-35(33)36/h4,6-23,30-36H,1,5,24-27H2,2-3H3. The zero-order chi connectivity index (χ0) is 26.2. The van der Waals surface area contributed by atoms with E-state index in [9.17, 15) is 0 Å². The summed E-state index contributed by atoms with van der Waals surface area (Å²) in [4.78, 5) is 0. The smallest absolute Gasteiger partial charge is 0.103 e. The SMILES string of the molecule is C=CCC[Si](C)(C)C1CCC([Si](c2ccccc2)(c2ccccc2)C2C3C=CC=CC3C3C=CC=CC32)C1. The van der Waals surface area contributed by atoms with Gasteiger partial charge in [-0.15, -0.1) is 6.58 Å². The summed E-state index contributed by atoms with van der Waals surface area (Å²) in [5, 5.41) is 3.36. The van der Waals surface area contributed by atoms with E-state index in [-0.39, 0.29) is 0 Å². The first-order valence-electron chi connectivity index (χ1n) is 15.0. The molecule has 6 rings (SSSR count). The number of hydrogen-bond donors (Lipinski definition) is 0. The molecule has 0 nitrogen and oxygen atoms in total. The third-order valence-corrected chi connectivity index (χ3v) is 21.4. The fraction of sp³-hybridized carbons (Fsp3) is 0.389. The van der Waals surface area contributed by atoms with Crippen LogP contribution in [0.15, 0.2) is 122 Å². The summed E-state index contributed by atoms with van der Waals surface area (Å²) in [6.07, 6.45) is 27.3. The average Bonchev–Trinajstić information content (AvgIpc) is 3.59. The van der Waals surface area contributed by atoms with Crippen molar-refractivity contribution in [3.63, 3.8) is 0 Å². The Bertz CT molecular complexity index is 1160. The Balaban J connectivity index is 1.54. The molecular formula is C36H44Si2. The number of rotatable bonds is 8. The van der Waals surface area contributed by atoms with Gasteiger partial charge in [0.1, 0.15) is 8.07 Å². The van der Waals surface area contributed by atoms with Crippen LogP contribution in [-0.2, 0) is 0 Å². The molecule has 0 radical (unpaired) electrons. The fourth-order valence-corrected chi connectivity index (χ4v) is 19.8. The Hall–Kier alpha value is -2.43. The average molecular weight is 533 g/mol. The van der Waals surface area contributed by atoms with Crippen molar-refractivity contribution in [3.05, 3.63) is 122 Å². The molecule has 4 aliphatic carbocycles. The predicted octanol–water partition coefficient (Wildman–Crippen LogP) is 8.56. The maximum absolute atomic E-state index is 4.06. The van der Waals surface area contributed by atoms with Gasteiger partial charge in [0.15, 0.2) is 0 Å². The molecule has 2 saturated carbocycles. The minimum atomic E-state index is -2.22. The quantitative estimate of drug-likeness (QED) is 0.236. The second kappa shape index (κ2) is 10.6. The Morgan fingerprint density at radius 3 is 1.66 bits per heavy atom. The van der Waals surface area contributed by atoms with Gasteiger partial charge in [0.25, 0.3) is 0 Å². The van der Waals surface area contributed by atoms with Crippen molar-refractivity contribution >= 4 is 26.5 Å². The molecule has 0 heterocycles. The molecule has 6 atom stereocenters. The van der Waals surface area contributed by atoms with Gasteiger partial charge in [-0.3, -0.25) is 0 Å². The minimum absolute atomic E-state index is 0.611. The van der Waals surface area contributed by atoms with Gasteiger partial charge in [-0.25, -0.2) is 0 Å². The lowest BCUT2D eigenvalue weighted by Crippen LogP contribution is -2.66. The van der Waals surface area contributed by atoms with Crippen molar-refractivity contribution in [3.8, 4) is 0 Å². The van der Waals surface area contributed by atoms with Crippen LogP contribution in [0.2, 0.25) is 35.8 Å². The minimum Gasteiger partial charge on any atom is -0.103 e. The molecule has 0 aromatic heterocycles. The highest BCUT2D eigenvalue weighted by Crippen LogP contribution is 2.62. The van der Waals surface area contributed by atoms with Crippen molar-refractivity contribution in [1.82, 2.24) is 0 Å². The molecule has 0 saturated heterocycles. The fourth-order valence-electron chi connectivity index (χ4n) is 9.14. The summed E-state index contributed by atoms with van der Waals surface area (Å²) in [7, 11) is -3.54. The third kappa shape index (κ3) is 4.25. The van der Waals surface area contributed by atoms with Crippen LogP contribution >= 0.6 is 0 Å². The van der Waals surface area contributed by atoms with Gasteiger partial charge in [0.2, 0.25) is 0 Å². The second-order valence-electron chi connectivity index (χ2n) is 13.0. The van der Waals surface area contributed by atoms with Crippen LogP contribution in [-0.4, -0.2) is 16.1 Å². The first-order chi connectivity index (χ1) is 18.6. The predicted molar refractivity (Wildman–Crippen MR) is 171 cm³/mol. The Labute approximate surface area is 233 Å². The molecule has 0 bridgehead atoms. The number of hydrogen-bond acceptors (Lipinski definition) is 0. The molecular weight excluding hydrogens is 489 g/mol. The normalized spacial score (nSPS) is 31.8. The molecule has 0 aliphatic heterocycles. The van der Waals surface area contributed by atoms with E-state index in [0.29, 0.717) is 29.2 Å². The van der Waals surface area contributed by atoms with Gasteiger partial charge in [0.05, 0.1) is 8.07 Å². The molecule has 2 heteroatoms. The van der Waals surface area contributed by atoms with Crippen molar-refractivity contribution in [2.75, 3.05) is 0 Å². The zero-order valence-corrected chi connectivity index (χ0v) is 25.3. The van der Waals surface area contributed by atoms with Crippen LogP contribution < -0.4 is 10.4 Å². The monoisotopic (exact) mass is 532 g/mol. The van der Waals surface area contributed by atoms with Crippen LogP contribution in [0.25, 0.3) is 0 Å². The van der Waals surface area contributed by atoms with E-state index in [1.165, 1.54) is 31.7 Å². The highest BCUT2D eigenvalue weighted by molar-refractivity contribution is 7.04. The highest BCUT2D eigenvalue weighted by Gasteiger charge is 2.62. The highest BCUT2D eigenvalue weighted by atomic mass is 28.3. The second-order valence-corrected chi connectivity index (χ2v) is 22.7. The largest absolute Gasteiger partial charge is 0.125 e. The third-order valence-electron chi connectivity index (χ3n) is 10.9. The van der Waals surface area contributed by atoms with E-state index in [1.54, 1.807) is 10.4 Å². The van der Waals surface area contributed by atoms with Crippen LogP contribution in [0.1, 0.15) is 25.7 Å². The summed E-state index contributed by atoms with van der Waals surface area (Å²) in [6.45, 7) is 9.40. The number of fused-ring (bicyclic) bond motifs is 3. The topological polar surface area (TPSA) is 0 Å². The molecule has 196 valence electrons. The summed E-state index contributed by atoms with van der Waals surface area (Å²) in [5.41, 5.74) is 2.38. The lowest BCUT2D eigenvalue weighted by atomic mass is 9.83. The van der Waals surface area contributed by atoms with Crippen molar-refractivity contribution in [2.45, 2.75) is 61.4 Å².